The molecule has 0 saturated heterocycles. The van der Waals surface area contributed by atoms with E-state index in [0.29, 0.717) is 35.6 Å². The lowest BCUT2D eigenvalue weighted by Gasteiger charge is -2.07. The van der Waals surface area contributed by atoms with Crippen LogP contribution < -0.4 is 5.73 Å². The van der Waals surface area contributed by atoms with Crippen LogP contribution in [0.25, 0.3) is 21.9 Å². The summed E-state index contributed by atoms with van der Waals surface area (Å²) in [4.78, 5) is 8.81. The second-order valence-corrected chi connectivity index (χ2v) is 6.16. The van der Waals surface area contributed by atoms with Gasteiger partial charge in [-0.3, -0.25) is 0 Å². The van der Waals surface area contributed by atoms with E-state index in [2.05, 4.69) is 27.9 Å². The summed E-state index contributed by atoms with van der Waals surface area (Å²) in [6.07, 6.45) is 1.76. The van der Waals surface area contributed by atoms with Crippen LogP contribution in [0, 0.1) is 23.2 Å². The Kier molecular flexibility index (Phi) is 4.88. The second kappa shape index (κ2) is 7.79. The zero-order valence-corrected chi connectivity index (χ0v) is 15.1. The Balaban J connectivity index is 1.45. The molecule has 2 N–H and O–H groups in total. The number of imidazole rings is 1. The molecule has 0 atom stereocenters. The minimum absolute atomic E-state index is 0.289. The van der Waals surface area contributed by atoms with Gasteiger partial charge in [0.25, 0.3) is 0 Å². The van der Waals surface area contributed by atoms with Crippen LogP contribution in [-0.2, 0) is 11.3 Å². The van der Waals surface area contributed by atoms with Gasteiger partial charge in [-0.25, -0.2) is 9.97 Å². The molecule has 2 aromatic heterocycles. The second-order valence-electron chi connectivity index (χ2n) is 6.16. The molecule has 4 rings (SSSR count). The molecular formula is C22H17N5O. The van der Waals surface area contributed by atoms with Gasteiger partial charge in [0.1, 0.15) is 18.2 Å². The zero-order valence-electron chi connectivity index (χ0n) is 15.1. The summed E-state index contributed by atoms with van der Waals surface area (Å²) < 4.78 is 7.66. The first-order valence-electron chi connectivity index (χ1n) is 8.82. The fraction of sp³-hybridized carbons (Fsp3) is 0.136. The number of benzene rings is 2. The molecule has 2 aromatic carbocycles. The van der Waals surface area contributed by atoms with E-state index in [0.717, 1.165) is 16.4 Å². The molecule has 6 heteroatoms. The van der Waals surface area contributed by atoms with Crippen LogP contribution >= 0.6 is 0 Å². The largest absolute Gasteiger partial charge is 0.382 e. The van der Waals surface area contributed by atoms with Crippen molar-refractivity contribution in [3.05, 3.63) is 66.0 Å². The van der Waals surface area contributed by atoms with Crippen molar-refractivity contribution in [1.82, 2.24) is 14.5 Å². The first kappa shape index (κ1) is 17.5. The van der Waals surface area contributed by atoms with Crippen molar-refractivity contribution in [3.8, 4) is 17.9 Å². The first-order chi connectivity index (χ1) is 13.8. The fourth-order valence-electron chi connectivity index (χ4n) is 3.08. The van der Waals surface area contributed by atoms with E-state index in [1.54, 1.807) is 12.4 Å². The van der Waals surface area contributed by atoms with Crippen molar-refractivity contribution >= 4 is 27.8 Å². The highest BCUT2D eigenvalue weighted by atomic mass is 16.5. The van der Waals surface area contributed by atoms with Crippen molar-refractivity contribution in [1.29, 1.82) is 5.26 Å². The summed E-state index contributed by atoms with van der Waals surface area (Å²) >= 11 is 0. The maximum atomic E-state index is 9.08. The van der Waals surface area contributed by atoms with E-state index >= 15 is 0 Å². The molecule has 4 aromatic rings. The molecule has 0 aliphatic carbocycles. The Bertz CT molecular complexity index is 1260. The summed E-state index contributed by atoms with van der Waals surface area (Å²) in [5.74, 6) is 6.36. The lowest BCUT2D eigenvalue weighted by Crippen LogP contribution is -2.06. The molecule has 0 radical (unpaired) electrons. The quantitative estimate of drug-likeness (QED) is 0.442. The van der Waals surface area contributed by atoms with Gasteiger partial charge < -0.3 is 15.0 Å². The topological polar surface area (TPSA) is 89.8 Å². The first-order valence-corrected chi connectivity index (χ1v) is 8.82. The number of hydrogen-bond acceptors (Lipinski definition) is 5. The molecule has 0 spiro atoms. The number of rotatable bonds is 4. The number of nitrogens with zero attached hydrogens (tertiary/aromatic N) is 4. The molecule has 0 fully saturated rings. The van der Waals surface area contributed by atoms with Gasteiger partial charge in [0.15, 0.2) is 5.82 Å². The Morgan fingerprint density at radius 2 is 1.86 bits per heavy atom. The Hall–Kier alpha value is -3.87. The monoisotopic (exact) mass is 367 g/mol. The average Bonchev–Trinajstić information content (AvgIpc) is 3.16. The van der Waals surface area contributed by atoms with E-state index < -0.39 is 0 Å². The van der Waals surface area contributed by atoms with Gasteiger partial charge in [0.05, 0.1) is 29.5 Å². The zero-order chi connectivity index (χ0) is 19.3. The Morgan fingerprint density at radius 1 is 1.07 bits per heavy atom. The molecule has 0 saturated carbocycles. The average molecular weight is 367 g/mol. The summed E-state index contributed by atoms with van der Waals surface area (Å²) in [5, 5.41) is 10.1. The van der Waals surface area contributed by atoms with E-state index in [1.807, 2.05) is 47.0 Å². The summed E-state index contributed by atoms with van der Waals surface area (Å²) in [7, 11) is 0. The van der Waals surface area contributed by atoms with Crippen molar-refractivity contribution < 1.29 is 4.74 Å². The molecule has 0 bridgehead atoms. The van der Waals surface area contributed by atoms with E-state index in [1.165, 1.54) is 0 Å². The van der Waals surface area contributed by atoms with Gasteiger partial charge in [0, 0.05) is 17.5 Å². The third-order valence-corrected chi connectivity index (χ3v) is 4.40. The fourth-order valence-corrected chi connectivity index (χ4v) is 3.08. The molecule has 0 aliphatic heterocycles. The maximum Gasteiger partial charge on any atom is 0.152 e. The van der Waals surface area contributed by atoms with Crippen molar-refractivity contribution in [2.75, 3.05) is 18.9 Å². The van der Waals surface area contributed by atoms with Gasteiger partial charge in [0.2, 0.25) is 0 Å². The van der Waals surface area contributed by atoms with Crippen molar-refractivity contribution in [2.45, 2.75) is 6.54 Å². The third kappa shape index (κ3) is 3.37. The van der Waals surface area contributed by atoms with Crippen LogP contribution in [0.5, 0.6) is 0 Å². The van der Waals surface area contributed by atoms with E-state index in [9.17, 15) is 0 Å². The van der Waals surface area contributed by atoms with Crippen molar-refractivity contribution in [2.24, 2.45) is 0 Å². The minimum atomic E-state index is 0.289. The number of nitriles is 1. The smallest absolute Gasteiger partial charge is 0.152 e. The number of aromatic nitrogens is 3. The molecule has 0 aliphatic rings. The number of fused-ring (bicyclic) bond motifs is 3. The minimum Gasteiger partial charge on any atom is -0.382 e. The highest BCUT2D eigenvalue weighted by Crippen LogP contribution is 2.26. The number of nitrogen functional groups attached to an aromatic ring is 1. The summed E-state index contributed by atoms with van der Waals surface area (Å²) in [6.45, 7) is 1.40. The van der Waals surface area contributed by atoms with Gasteiger partial charge in [-0.05, 0) is 18.2 Å². The number of ether oxygens (including phenoxy) is 1. The predicted molar refractivity (Wildman–Crippen MR) is 108 cm³/mol. The van der Waals surface area contributed by atoms with E-state index in [-0.39, 0.29) is 6.61 Å². The summed E-state index contributed by atoms with van der Waals surface area (Å²) in [6, 6.07) is 17.3. The van der Waals surface area contributed by atoms with Crippen molar-refractivity contribution in [3.63, 3.8) is 0 Å². The molecule has 2 heterocycles. The highest BCUT2D eigenvalue weighted by Gasteiger charge is 2.11. The molecule has 6 nitrogen and oxygen atoms in total. The molecule has 0 amide bonds. The van der Waals surface area contributed by atoms with Gasteiger partial charge in [-0.2, -0.15) is 5.26 Å². The maximum absolute atomic E-state index is 9.08. The number of pyridine rings is 1. The van der Waals surface area contributed by atoms with Crippen LogP contribution in [0.3, 0.4) is 0 Å². The van der Waals surface area contributed by atoms with E-state index in [4.69, 9.17) is 15.7 Å². The highest BCUT2D eigenvalue weighted by molar-refractivity contribution is 6.06. The third-order valence-electron chi connectivity index (χ3n) is 4.40. The van der Waals surface area contributed by atoms with Crippen LogP contribution in [0.15, 0.2) is 54.9 Å². The van der Waals surface area contributed by atoms with Gasteiger partial charge in [-0.1, -0.05) is 42.2 Å². The molecular weight excluding hydrogens is 350 g/mol. The lowest BCUT2D eigenvalue weighted by atomic mass is 10.1. The standard InChI is InChI=1S/C22H17N5O/c23-14-17-7-2-1-6-16(17)8-5-12-28-13-11-27-15-25-20-21(27)18-9-3-4-10-19(18)26-22(20)24/h1-4,6-7,9-10,15H,11-13H2,(H2,24,26). The van der Waals surface area contributed by atoms with Gasteiger partial charge in [-0.15, -0.1) is 0 Å². The van der Waals surface area contributed by atoms with Crippen LogP contribution in [0.2, 0.25) is 0 Å². The van der Waals surface area contributed by atoms with Crippen LogP contribution in [0.4, 0.5) is 5.82 Å². The van der Waals surface area contributed by atoms with Crippen LogP contribution in [-0.4, -0.2) is 27.7 Å². The molecule has 136 valence electrons. The molecule has 28 heavy (non-hydrogen) atoms. The SMILES string of the molecule is N#Cc1ccccc1C#CCOCCn1cnc2c(N)nc3ccccc3c21. The predicted octanol–water partition coefficient (Wildman–Crippen LogP) is 3.11. The number of para-hydroxylation sites is 1. The number of hydrogen-bond donors (Lipinski definition) is 1. The Labute approximate surface area is 162 Å². The summed E-state index contributed by atoms with van der Waals surface area (Å²) in [5.41, 5.74) is 9.83. The lowest BCUT2D eigenvalue weighted by molar-refractivity contribution is 0.158. The number of nitrogens with two attached hydrogens (primary N) is 1. The normalized spacial score (nSPS) is 10.5. The molecule has 0 unspecified atom stereocenters. The van der Waals surface area contributed by atoms with Crippen LogP contribution in [0.1, 0.15) is 11.1 Å². The number of anilines is 1. The van der Waals surface area contributed by atoms with Gasteiger partial charge >= 0.3 is 0 Å². The Morgan fingerprint density at radius 3 is 2.71 bits per heavy atom.